The predicted octanol–water partition coefficient (Wildman–Crippen LogP) is 3.97. The second kappa shape index (κ2) is 6.31. The van der Waals surface area contributed by atoms with Gasteiger partial charge in [0.15, 0.2) is 5.75 Å². The summed E-state index contributed by atoms with van der Waals surface area (Å²) in [5.74, 6) is 0.847. The van der Waals surface area contributed by atoms with Crippen LogP contribution in [-0.2, 0) is 4.74 Å². The summed E-state index contributed by atoms with van der Waals surface area (Å²) in [6, 6.07) is 12.7. The molecule has 0 aliphatic heterocycles. The number of nitrogens with two attached hydrogens (primary N) is 1. The van der Waals surface area contributed by atoms with Gasteiger partial charge >= 0.3 is 5.97 Å². The lowest BCUT2D eigenvalue weighted by Crippen LogP contribution is -2.06. The maximum Gasteiger partial charge on any atom is 0.341 e. The predicted molar refractivity (Wildman–Crippen MR) is 82.8 cm³/mol. The molecule has 2 aromatic carbocycles. The summed E-state index contributed by atoms with van der Waals surface area (Å²) in [7, 11) is 1.33. The van der Waals surface area contributed by atoms with Crippen molar-refractivity contribution in [3.05, 3.63) is 53.6 Å². The second-order valence-corrected chi connectivity index (χ2v) is 5.01. The lowest BCUT2D eigenvalue weighted by molar-refractivity contribution is 0.0598. The van der Waals surface area contributed by atoms with Crippen LogP contribution in [0.15, 0.2) is 42.5 Å². The number of benzene rings is 2. The summed E-state index contributed by atoms with van der Waals surface area (Å²) in [6.07, 6.45) is 0. The van der Waals surface area contributed by atoms with Crippen LogP contribution in [0, 0.1) is 0 Å². The van der Waals surface area contributed by atoms with E-state index in [0.29, 0.717) is 28.7 Å². The number of methoxy groups -OCH3 is 1. The van der Waals surface area contributed by atoms with Gasteiger partial charge in [-0.3, -0.25) is 0 Å². The number of ether oxygens (including phenoxy) is 2. The molecular weight excluding hydrogens is 266 g/mol. The van der Waals surface area contributed by atoms with E-state index in [1.165, 1.54) is 7.11 Å². The molecular formula is C17H19NO3. The molecule has 0 bridgehead atoms. The van der Waals surface area contributed by atoms with E-state index in [-0.39, 0.29) is 0 Å². The maximum absolute atomic E-state index is 11.8. The van der Waals surface area contributed by atoms with E-state index in [1.54, 1.807) is 18.2 Å². The highest BCUT2D eigenvalue weighted by Gasteiger charge is 2.18. The molecule has 0 aliphatic carbocycles. The second-order valence-electron chi connectivity index (χ2n) is 5.01. The number of nitrogen functional groups attached to an aromatic ring is 1. The Labute approximate surface area is 124 Å². The first-order chi connectivity index (χ1) is 10.0. The summed E-state index contributed by atoms with van der Waals surface area (Å²) in [5.41, 5.74) is 7.72. The molecule has 0 aromatic heterocycles. The van der Waals surface area contributed by atoms with Crippen molar-refractivity contribution in [2.45, 2.75) is 19.8 Å². The van der Waals surface area contributed by atoms with Gasteiger partial charge in [-0.05, 0) is 29.7 Å². The Morgan fingerprint density at radius 1 is 1.10 bits per heavy atom. The van der Waals surface area contributed by atoms with Crippen LogP contribution in [0.5, 0.6) is 11.5 Å². The molecule has 0 aliphatic rings. The highest BCUT2D eigenvalue weighted by Crippen LogP contribution is 2.35. The smallest absolute Gasteiger partial charge is 0.341 e. The van der Waals surface area contributed by atoms with Crippen molar-refractivity contribution in [1.82, 2.24) is 0 Å². The number of hydrogen-bond donors (Lipinski definition) is 1. The van der Waals surface area contributed by atoms with E-state index in [2.05, 4.69) is 13.8 Å². The summed E-state index contributed by atoms with van der Waals surface area (Å²) in [5, 5.41) is 0. The minimum absolute atomic E-state index is 0.299. The van der Waals surface area contributed by atoms with Gasteiger partial charge in [0.2, 0.25) is 0 Å². The zero-order valence-electron chi connectivity index (χ0n) is 12.4. The molecule has 2 aromatic rings. The molecule has 0 saturated heterocycles. The first-order valence-electron chi connectivity index (χ1n) is 6.78. The third-order valence-corrected chi connectivity index (χ3v) is 3.20. The van der Waals surface area contributed by atoms with Gasteiger partial charge in [0, 0.05) is 0 Å². The van der Waals surface area contributed by atoms with Gasteiger partial charge in [0.1, 0.15) is 11.3 Å². The number of rotatable bonds is 4. The molecule has 0 heterocycles. The Morgan fingerprint density at radius 3 is 2.48 bits per heavy atom. The zero-order chi connectivity index (χ0) is 15.4. The first-order valence-corrected chi connectivity index (χ1v) is 6.78. The average Bonchev–Trinajstić information content (AvgIpc) is 2.48. The fourth-order valence-corrected chi connectivity index (χ4v) is 2.10. The van der Waals surface area contributed by atoms with Gasteiger partial charge in [-0.1, -0.05) is 38.1 Å². The third kappa shape index (κ3) is 3.16. The van der Waals surface area contributed by atoms with Gasteiger partial charge in [-0.2, -0.15) is 0 Å². The van der Waals surface area contributed by atoms with Crippen molar-refractivity contribution in [2.24, 2.45) is 0 Å². The van der Waals surface area contributed by atoms with Crippen LogP contribution < -0.4 is 10.5 Å². The Balaban J connectivity index is 2.47. The summed E-state index contributed by atoms with van der Waals surface area (Å²) in [6.45, 7) is 4.16. The van der Waals surface area contributed by atoms with Crippen molar-refractivity contribution < 1.29 is 14.3 Å². The number of esters is 1. The Kier molecular flexibility index (Phi) is 4.48. The zero-order valence-corrected chi connectivity index (χ0v) is 12.4. The van der Waals surface area contributed by atoms with Crippen molar-refractivity contribution in [3.8, 4) is 11.5 Å². The highest BCUT2D eigenvalue weighted by molar-refractivity contribution is 5.94. The molecule has 0 fully saturated rings. The number of para-hydroxylation sites is 2. The number of carbonyl (C=O) groups is 1. The molecule has 110 valence electrons. The van der Waals surface area contributed by atoms with Crippen LogP contribution >= 0.6 is 0 Å². The minimum Gasteiger partial charge on any atom is -0.465 e. The van der Waals surface area contributed by atoms with Gasteiger partial charge in [-0.25, -0.2) is 4.79 Å². The summed E-state index contributed by atoms with van der Waals surface area (Å²) < 4.78 is 10.7. The van der Waals surface area contributed by atoms with Crippen molar-refractivity contribution in [2.75, 3.05) is 12.8 Å². The molecule has 0 spiro atoms. The Hall–Kier alpha value is -2.49. The fourth-order valence-electron chi connectivity index (χ4n) is 2.10. The molecule has 0 unspecified atom stereocenters. The topological polar surface area (TPSA) is 61.5 Å². The van der Waals surface area contributed by atoms with E-state index in [1.807, 2.05) is 24.3 Å². The van der Waals surface area contributed by atoms with Crippen LogP contribution in [0.4, 0.5) is 5.69 Å². The molecule has 21 heavy (non-hydrogen) atoms. The van der Waals surface area contributed by atoms with Gasteiger partial charge in [-0.15, -0.1) is 0 Å². The van der Waals surface area contributed by atoms with E-state index in [4.69, 9.17) is 15.2 Å². The van der Waals surface area contributed by atoms with Gasteiger partial charge < -0.3 is 15.2 Å². The lowest BCUT2D eigenvalue weighted by atomic mass is 10.0. The molecule has 2 N–H and O–H groups in total. The molecule has 0 radical (unpaired) electrons. The monoisotopic (exact) mass is 285 g/mol. The summed E-state index contributed by atoms with van der Waals surface area (Å²) in [4.78, 5) is 11.8. The largest absolute Gasteiger partial charge is 0.465 e. The minimum atomic E-state index is -0.473. The van der Waals surface area contributed by atoms with Crippen LogP contribution in [-0.4, -0.2) is 13.1 Å². The van der Waals surface area contributed by atoms with Crippen LogP contribution in [0.2, 0.25) is 0 Å². The molecule has 0 amide bonds. The molecule has 0 saturated carbocycles. The maximum atomic E-state index is 11.8. The average molecular weight is 285 g/mol. The van der Waals surface area contributed by atoms with E-state index in [9.17, 15) is 4.79 Å². The Morgan fingerprint density at radius 2 is 1.81 bits per heavy atom. The Bertz CT molecular complexity index is 650. The van der Waals surface area contributed by atoms with Gasteiger partial charge in [0.05, 0.1) is 12.8 Å². The molecule has 0 atom stereocenters. The van der Waals surface area contributed by atoms with Crippen LogP contribution in [0.25, 0.3) is 0 Å². The number of hydrogen-bond acceptors (Lipinski definition) is 4. The first kappa shape index (κ1) is 14.9. The standard InChI is InChI=1S/C17H19NO3/c1-11(2)12-7-4-5-10-15(12)21-16-13(17(19)20-3)8-6-9-14(16)18/h4-11H,18H2,1-3H3. The molecule has 4 nitrogen and oxygen atoms in total. The van der Waals surface area contributed by atoms with E-state index >= 15 is 0 Å². The SMILES string of the molecule is COC(=O)c1cccc(N)c1Oc1ccccc1C(C)C. The van der Waals surface area contributed by atoms with Gasteiger partial charge in [0.25, 0.3) is 0 Å². The van der Waals surface area contributed by atoms with Crippen molar-refractivity contribution in [1.29, 1.82) is 0 Å². The molecule has 2 rings (SSSR count). The van der Waals surface area contributed by atoms with Crippen LogP contribution in [0.3, 0.4) is 0 Å². The van der Waals surface area contributed by atoms with Crippen molar-refractivity contribution in [3.63, 3.8) is 0 Å². The normalized spacial score (nSPS) is 10.5. The van der Waals surface area contributed by atoms with Crippen molar-refractivity contribution >= 4 is 11.7 Å². The van der Waals surface area contributed by atoms with E-state index in [0.717, 1.165) is 5.56 Å². The number of carbonyl (C=O) groups excluding carboxylic acids is 1. The third-order valence-electron chi connectivity index (χ3n) is 3.20. The molecule has 4 heteroatoms. The number of anilines is 1. The van der Waals surface area contributed by atoms with Crippen LogP contribution in [0.1, 0.15) is 35.7 Å². The fraction of sp³-hybridized carbons (Fsp3) is 0.235. The highest BCUT2D eigenvalue weighted by atomic mass is 16.5. The summed E-state index contributed by atoms with van der Waals surface area (Å²) >= 11 is 0. The van der Waals surface area contributed by atoms with E-state index < -0.39 is 5.97 Å². The lowest BCUT2D eigenvalue weighted by Gasteiger charge is -2.16. The quantitative estimate of drug-likeness (QED) is 0.682.